The Balaban J connectivity index is 1.67. The van der Waals surface area contributed by atoms with Crippen molar-refractivity contribution in [3.05, 3.63) is 97.3 Å². The van der Waals surface area contributed by atoms with Crippen molar-refractivity contribution in [2.45, 2.75) is 12.8 Å². The van der Waals surface area contributed by atoms with E-state index in [1.54, 1.807) is 25.1 Å². The number of esters is 1. The predicted molar refractivity (Wildman–Crippen MR) is 132 cm³/mol. The van der Waals surface area contributed by atoms with Gasteiger partial charge in [0.05, 0.1) is 28.1 Å². The Morgan fingerprint density at radius 2 is 1.85 bits per heavy atom. The Hall–Kier alpha value is -3.18. The minimum atomic E-state index is -0.661. The van der Waals surface area contributed by atoms with E-state index in [0.717, 1.165) is 10.0 Å². The monoisotopic (exact) mass is 558 g/mol. The summed E-state index contributed by atoms with van der Waals surface area (Å²) in [5.74, 6) is -0.208. The number of rotatable bonds is 5. The van der Waals surface area contributed by atoms with E-state index in [9.17, 15) is 10.1 Å². The second-order valence-electron chi connectivity index (χ2n) is 7.24. The highest BCUT2D eigenvalue weighted by Crippen LogP contribution is 2.45. The van der Waals surface area contributed by atoms with E-state index in [0.29, 0.717) is 29.2 Å². The molecule has 3 aromatic rings. The van der Waals surface area contributed by atoms with Crippen molar-refractivity contribution in [3.63, 3.8) is 0 Å². The summed E-state index contributed by atoms with van der Waals surface area (Å²) < 4.78 is 17.4. The highest BCUT2D eigenvalue weighted by atomic mass is 79.9. The number of allylic oxidation sites excluding steroid dienone is 1. The van der Waals surface area contributed by atoms with Crippen molar-refractivity contribution in [1.82, 2.24) is 0 Å². The number of hydrogen-bond donors (Lipinski definition) is 1. The summed E-state index contributed by atoms with van der Waals surface area (Å²) in [6, 6.07) is 17.5. The van der Waals surface area contributed by atoms with E-state index in [-0.39, 0.29) is 27.2 Å². The molecule has 3 aromatic carbocycles. The van der Waals surface area contributed by atoms with Gasteiger partial charge in [0.25, 0.3) is 0 Å². The molecule has 0 spiro atoms. The zero-order valence-electron chi connectivity index (χ0n) is 17.8. The number of benzene rings is 3. The SMILES string of the molecule is CCOc1c(Cl)cc(C(=O)Oc2ccc3c(c2)OC(N)=C(C#N)C3c2ccccc2Br)cc1Cl. The lowest BCUT2D eigenvalue weighted by Gasteiger charge is -2.27. The minimum absolute atomic E-state index is 0.00990. The summed E-state index contributed by atoms with van der Waals surface area (Å²) in [6.07, 6.45) is 0. The van der Waals surface area contributed by atoms with Gasteiger partial charge in [-0.25, -0.2) is 4.79 Å². The van der Waals surface area contributed by atoms with Crippen molar-refractivity contribution < 1.29 is 19.0 Å². The first-order chi connectivity index (χ1) is 16.3. The number of ether oxygens (including phenoxy) is 3. The molecule has 0 radical (unpaired) electrons. The van der Waals surface area contributed by atoms with Crippen LogP contribution in [0.2, 0.25) is 10.0 Å². The molecule has 0 saturated heterocycles. The Kier molecular flexibility index (Phi) is 7.03. The molecule has 9 heteroatoms. The molecule has 0 amide bonds. The zero-order chi connectivity index (χ0) is 24.4. The number of nitriles is 1. The molecule has 0 aromatic heterocycles. The zero-order valence-corrected chi connectivity index (χ0v) is 20.9. The van der Waals surface area contributed by atoms with Crippen LogP contribution in [0.25, 0.3) is 0 Å². The van der Waals surface area contributed by atoms with Gasteiger partial charge in [0.15, 0.2) is 5.75 Å². The first-order valence-corrected chi connectivity index (χ1v) is 11.7. The third-order valence-corrected chi connectivity index (χ3v) is 6.42. The van der Waals surface area contributed by atoms with Crippen molar-refractivity contribution >= 4 is 45.1 Å². The highest BCUT2D eigenvalue weighted by molar-refractivity contribution is 9.10. The third kappa shape index (κ3) is 4.58. The lowest BCUT2D eigenvalue weighted by Crippen LogP contribution is -2.21. The smallest absolute Gasteiger partial charge is 0.343 e. The van der Waals surface area contributed by atoms with Crippen LogP contribution in [-0.4, -0.2) is 12.6 Å². The number of carbonyl (C=O) groups excluding carboxylic acids is 1. The molecule has 34 heavy (non-hydrogen) atoms. The number of nitrogens with zero attached hydrogens (tertiary/aromatic N) is 1. The lowest BCUT2D eigenvalue weighted by molar-refractivity contribution is 0.0734. The van der Waals surface area contributed by atoms with Crippen LogP contribution in [0.4, 0.5) is 0 Å². The summed E-state index contributed by atoms with van der Waals surface area (Å²) in [4.78, 5) is 12.7. The first kappa shape index (κ1) is 24.0. The fraction of sp³-hybridized carbons (Fsp3) is 0.120. The largest absolute Gasteiger partial charge is 0.491 e. The van der Waals surface area contributed by atoms with Crippen LogP contribution in [0.15, 0.2) is 70.5 Å². The number of fused-ring (bicyclic) bond motifs is 1. The number of nitrogens with two attached hydrogens (primary N) is 1. The van der Waals surface area contributed by atoms with Crippen LogP contribution < -0.4 is 19.9 Å². The minimum Gasteiger partial charge on any atom is -0.491 e. The summed E-state index contributed by atoms with van der Waals surface area (Å²) in [6.45, 7) is 2.18. The predicted octanol–water partition coefficient (Wildman–Crippen LogP) is 6.59. The molecular formula is C25H17BrCl2N2O4. The average molecular weight is 560 g/mol. The molecule has 0 aliphatic carbocycles. The van der Waals surface area contributed by atoms with Gasteiger partial charge in [-0.2, -0.15) is 5.26 Å². The molecule has 2 N–H and O–H groups in total. The summed E-state index contributed by atoms with van der Waals surface area (Å²) in [5.41, 5.74) is 8.09. The molecule has 0 fully saturated rings. The number of halogens is 3. The van der Waals surface area contributed by atoms with Crippen LogP contribution in [0.5, 0.6) is 17.2 Å². The standard InChI is InChI=1S/C25H17BrCl2N2O4/c1-2-32-23-19(27)9-13(10-20(23)28)25(31)33-14-7-8-16-21(11-14)34-24(30)17(12-29)22(16)15-5-3-4-6-18(15)26/h3-11,22H,2,30H2,1H3. The fourth-order valence-corrected chi connectivity index (χ4v) is 4.76. The van der Waals surface area contributed by atoms with Crippen LogP contribution in [-0.2, 0) is 0 Å². The maximum atomic E-state index is 12.7. The van der Waals surface area contributed by atoms with Crippen molar-refractivity contribution in [1.29, 1.82) is 5.26 Å². The van der Waals surface area contributed by atoms with E-state index < -0.39 is 11.9 Å². The van der Waals surface area contributed by atoms with Crippen molar-refractivity contribution in [2.75, 3.05) is 6.61 Å². The van der Waals surface area contributed by atoms with Crippen molar-refractivity contribution in [3.8, 4) is 23.3 Å². The Morgan fingerprint density at radius 3 is 2.50 bits per heavy atom. The molecule has 4 rings (SSSR count). The maximum absolute atomic E-state index is 12.7. The van der Waals surface area contributed by atoms with Crippen LogP contribution in [0.3, 0.4) is 0 Å². The molecule has 1 aliphatic heterocycles. The van der Waals surface area contributed by atoms with Gasteiger partial charge in [-0.15, -0.1) is 0 Å². The average Bonchev–Trinajstić information content (AvgIpc) is 2.80. The summed E-state index contributed by atoms with van der Waals surface area (Å²) >= 11 is 15.9. The van der Waals surface area contributed by atoms with Gasteiger partial charge in [-0.3, -0.25) is 0 Å². The second-order valence-corrected chi connectivity index (χ2v) is 8.91. The third-order valence-electron chi connectivity index (χ3n) is 5.14. The van der Waals surface area contributed by atoms with Gasteiger partial charge < -0.3 is 19.9 Å². The van der Waals surface area contributed by atoms with E-state index in [2.05, 4.69) is 22.0 Å². The van der Waals surface area contributed by atoms with Gasteiger partial charge in [0, 0.05) is 16.1 Å². The van der Waals surface area contributed by atoms with Gasteiger partial charge in [-0.05, 0) is 36.8 Å². The van der Waals surface area contributed by atoms with Gasteiger partial charge in [-0.1, -0.05) is 63.4 Å². The Labute approximate surface area is 214 Å². The van der Waals surface area contributed by atoms with Crippen molar-refractivity contribution in [2.24, 2.45) is 5.73 Å². The lowest BCUT2D eigenvalue weighted by atomic mass is 9.83. The maximum Gasteiger partial charge on any atom is 0.343 e. The van der Waals surface area contributed by atoms with E-state index >= 15 is 0 Å². The van der Waals surface area contributed by atoms with Gasteiger partial charge in [0.1, 0.15) is 23.1 Å². The summed E-state index contributed by atoms with van der Waals surface area (Å²) in [7, 11) is 0. The molecule has 1 aliphatic rings. The summed E-state index contributed by atoms with van der Waals surface area (Å²) in [5, 5.41) is 10.1. The molecule has 0 saturated carbocycles. The quantitative estimate of drug-likeness (QED) is 0.280. The number of hydrogen-bond acceptors (Lipinski definition) is 6. The topological polar surface area (TPSA) is 94.6 Å². The Morgan fingerprint density at radius 1 is 1.15 bits per heavy atom. The normalized spacial score (nSPS) is 14.6. The van der Waals surface area contributed by atoms with Crippen LogP contribution >= 0.6 is 39.1 Å². The molecule has 1 unspecified atom stereocenters. The molecule has 0 bridgehead atoms. The van der Waals surface area contributed by atoms with Crippen LogP contribution in [0.1, 0.15) is 34.3 Å². The second kappa shape index (κ2) is 9.98. The van der Waals surface area contributed by atoms with E-state index in [1.165, 1.54) is 12.1 Å². The van der Waals surface area contributed by atoms with Crippen LogP contribution in [0, 0.1) is 11.3 Å². The highest BCUT2D eigenvalue weighted by Gasteiger charge is 2.32. The van der Waals surface area contributed by atoms with Gasteiger partial charge in [0.2, 0.25) is 5.88 Å². The molecule has 1 atom stereocenters. The number of carbonyl (C=O) groups is 1. The van der Waals surface area contributed by atoms with Gasteiger partial charge >= 0.3 is 5.97 Å². The molecule has 6 nitrogen and oxygen atoms in total. The Bertz CT molecular complexity index is 1340. The van der Waals surface area contributed by atoms with E-state index in [4.69, 9.17) is 43.1 Å². The fourth-order valence-electron chi connectivity index (χ4n) is 3.65. The molecular weight excluding hydrogens is 543 g/mol. The molecule has 172 valence electrons. The van der Waals surface area contributed by atoms with E-state index in [1.807, 2.05) is 24.3 Å². The molecule has 1 heterocycles. The first-order valence-electron chi connectivity index (χ1n) is 10.1.